The number of benzene rings is 1. The number of carbonyl (C=O) groups is 1. The van der Waals surface area contributed by atoms with Crippen molar-refractivity contribution < 1.29 is 9.53 Å². The highest BCUT2D eigenvalue weighted by Crippen LogP contribution is 2.16. The third-order valence-corrected chi connectivity index (χ3v) is 4.13. The van der Waals surface area contributed by atoms with E-state index in [1.54, 1.807) is 39.8 Å². The van der Waals surface area contributed by atoms with Crippen LogP contribution in [0.3, 0.4) is 0 Å². The Morgan fingerprint density at radius 1 is 1.19 bits per heavy atom. The summed E-state index contributed by atoms with van der Waals surface area (Å²) in [5, 5.41) is 9.18. The van der Waals surface area contributed by atoms with E-state index in [0.29, 0.717) is 23.0 Å². The van der Waals surface area contributed by atoms with E-state index in [9.17, 15) is 4.79 Å². The van der Waals surface area contributed by atoms with Gasteiger partial charge in [-0.15, -0.1) is 0 Å². The second-order valence-corrected chi connectivity index (χ2v) is 6.17. The van der Waals surface area contributed by atoms with Crippen LogP contribution in [-0.2, 0) is 19.8 Å². The summed E-state index contributed by atoms with van der Waals surface area (Å²) in [7, 11) is 1.70. The highest BCUT2D eigenvalue weighted by atomic mass is 35.5. The Morgan fingerprint density at radius 2 is 1.96 bits per heavy atom. The zero-order valence-corrected chi connectivity index (χ0v) is 15.4. The molecule has 8 heteroatoms. The maximum Gasteiger partial charge on any atom is 0.274 e. The fourth-order valence-corrected chi connectivity index (χ4v) is 2.61. The fraction of sp³-hybridized carbons (Fsp3) is 0.278. The Morgan fingerprint density at radius 3 is 2.65 bits per heavy atom. The van der Waals surface area contributed by atoms with Crippen molar-refractivity contribution in [2.75, 3.05) is 7.05 Å². The smallest absolute Gasteiger partial charge is 0.274 e. The zero-order valence-electron chi connectivity index (χ0n) is 14.7. The molecule has 0 radical (unpaired) electrons. The van der Waals surface area contributed by atoms with Gasteiger partial charge in [-0.3, -0.25) is 9.48 Å². The van der Waals surface area contributed by atoms with Crippen LogP contribution in [0.5, 0.6) is 5.75 Å². The summed E-state index contributed by atoms with van der Waals surface area (Å²) in [5.41, 5.74) is 1.01. The van der Waals surface area contributed by atoms with Crippen LogP contribution >= 0.6 is 11.6 Å². The Bertz CT molecular complexity index is 875. The third kappa shape index (κ3) is 4.23. The first-order valence-corrected chi connectivity index (χ1v) is 8.63. The molecule has 0 fully saturated rings. The summed E-state index contributed by atoms with van der Waals surface area (Å²) < 4.78 is 8.94. The van der Waals surface area contributed by atoms with Gasteiger partial charge in [-0.1, -0.05) is 29.8 Å². The highest BCUT2D eigenvalue weighted by molar-refractivity contribution is 6.31. The van der Waals surface area contributed by atoms with Crippen LogP contribution < -0.4 is 4.74 Å². The minimum Gasteiger partial charge on any atom is -0.471 e. The molecule has 136 valence electrons. The standard InChI is InChI=1S/C18H20ClN5O2/c1-3-23-11-15(19)17(21-23)12-22(2)18(25)16-9-10-24(20-16)13-26-14-7-5-4-6-8-14/h4-11H,3,12-13H2,1-2H3. The van der Waals surface area contributed by atoms with Crippen LogP contribution in [-0.4, -0.2) is 37.4 Å². The molecule has 26 heavy (non-hydrogen) atoms. The number of para-hydroxylation sites is 1. The van der Waals surface area contributed by atoms with Crippen LogP contribution in [0.4, 0.5) is 0 Å². The van der Waals surface area contributed by atoms with E-state index in [0.717, 1.165) is 12.3 Å². The lowest BCUT2D eigenvalue weighted by Gasteiger charge is -2.14. The van der Waals surface area contributed by atoms with Gasteiger partial charge < -0.3 is 9.64 Å². The van der Waals surface area contributed by atoms with E-state index in [4.69, 9.17) is 16.3 Å². The molecule has 0 saturated heterocycles. The summed E-state index contributed by atoms with van der Waals surface area (Å²) in [6, 6.07) is 11.1. The van der Waals surface area contributed by atoms with Gasteiger partial charge in [0.1, 0.15) is 11.4 Å². The third-order valence-electron chi connectivity index (χ3n) is 3.81. The predicted octanol–water partition coefficient (Wildman–Crippen LogP) is 3.06. The average Bonchev–Trinajstić information content (AvgIpc) is 3.27. The van der Waals surface area contributed by atoms with Gasteiger partial charge in [-0.05, 0) is 25.1 Å². The molecule has 3 aromatic rings. The summed E-state index contributed by atoms with van der Waals surface area (Å²) in [4.78, 5) is 14.1. The second-order valence-electron chi connectivity index (χ2n) is 5.77. The molecule has 0 aliphatic heterocycles. The number of amides is 1. The minimum absolute atomic E-state index is 0.203. The van der Waals surface area contributed by atoms with Crippen molar-refractivity contribution in [1.29, 1.82) is 0 Å². The number of hydrogen-bond donors (Lipinski definition) is 0. The molecule has 2 aromatic heterocycles. The monoisotopic (exact) mass is 373 g/mol. The first-order valence-electron chi connectivity index (χ1n) is 8.25. The number of rotatable bonds is 7. The van der Waals surface area contributed by atoms with E-state index in [-0.39, 0.29) is 12.6 Å². The molecule has 0 atom stereocenters. The fourth-order valence-electron chi connectivity index (χ4n) is 2.40. The molecule has 3 rings (SSSR count). The lowest BCUT2D eigenvalue weighted by atomic mass is 10.3. The summed E-state index contributed by atoms with van der Waals surface area (Å²) in [6.45, 7) is 3.25. The molecular formula is C18H20ClN5O2. The quantitative estimate of drug-likeness (QED) is 0.638. The van der Waals surface area contributed by atoms with Gasteiger partial charge in [0, 0.05) is 26.0 Å². The van der Waals surface area contributed by atoms with E-state index in [1.807, 2.05) is 37.3 Å². The number of halogens is 1. The number of aromatic nitrogens is 4. The molecule has 2 heterocycles. The molecular weight excluding hydrogens is 354 g/mol. The maximum atomic E-state index is 12.6. The van der Waals surface area contributed by atoms with E-state index < -0.39 is 0 Å². The van der Waals surface area contributed by atoms with Crippen molar-refractivity contribution in [1.82, 2.24) is 24.5 Å². The minimum atomic E-state index is -0.203. The van der Waals surface area contributed by atoms with Crippen LogP contribution in [0.2, 0.25) is 5.02 Å². The number of aryl methyl sites for hydroxylation is 1. The molecule has 1 aromatic carbocycles. The van der Waals surface area contributed by atoms with E-state index in [2.05, 4.69) is 10.2 Å². The van der Waals surface area contributed by atoms with Crippen molar-refractivity contribution in [3.8, 4) is 5.75 Å². The first-order chi connectivity index (χ1) is 12.6. The summed E-state index contributed by atoms with van der Waals surface area (Å²) in [6.07, 6.45) is 3.47. The Balaban J connectivity index is 1.60. The van der Waals surface area contributed by atoms with Gasteiger partial charge in [-0.25, -0.2) is 4.68 Å². The molecule has 0 bridgehead atoms. The summed E-state index contributed by atoms with van der Waals surface area (Å²) in [5.74, 6) is 0.541. The van der Waals surface area contributed by atoms with Crippen LogP contribution in [0, 0.1) is 0 Å². The van der Waals surface area contributed by atoms with Crippen LogP contribution in [0.1, 0.15) is 23.1 Å². The Kier molecular flexibility index (Phi) is 5.58. The number of carbonyl (C=O) groups excluding carboxylic acids is 1. The molecule has 0 aliphatic carbocycles. The Labute approximate surface area is 156 Å². The van der Waals surface area contributed by atoms with E-state index in [1.165, 1.54) is 0 Å². The van der Waals surface area contributed by atoms with Gasteiger partial charge in [-0.2, -0.15) is 10.2 Å². The molecule has 0 saturated carbocycles. The lowest BCUT2D eigenvalue weighted by Crippen LogP contribution is -2.27. The van der Waals surface area contributed by atoms with Gasteiger partial charge >= 0.3 is 0 Å². The molecule has 0 unspecified atom stereocenters. The van der Waals surface area contributed by atoms with Gasteiger partial charge in [0.25, 0.3) is 5.91 Å². The summed E-state index contributed by atoms with van der Waals surface area (Å²) >= 11 is 6.16. The van der Waals surface area contributed by atoms with Crippen LogP contribution in [0.15, 0.2) is 48.8 Å². The number of nitrogens with zero attached hydrogens (tertiary/aromatic N) is 5. The van der Waals surface area contributed by atoms with Crippen molar-refractivity contribution in [3.63, 3.8) is 0 Å². The molecule has 0 N–H and O–H groups in total. The molecule has 0 aliphatic rings. The molecule has 0 spiro atoms. The van der Waals surface area contributed by atoms with Crippen LogP contribution in [0.25, 0.3) is 0 Å². The van der Waals surface area contributed by atoms with Crippen molar-refractivity contribution in [2.45, 2.75) is 26.7 Å². The topological polar surface area (TPSA) is 65.2 Å². The number of hydrogen-bond acceptors (Lipinski definition) is 4. The Hall–Kier alpha value is -2.80. The predicted molar refractivity (Wildman–Crippen MR) is 98.0 cm³/mol. The van der Waals surface area contributed by atoms with Gasteiger partial charge in [0.2, 0.25) is 0 Å². The number of ether oxygens (including phenoxy) is 1. The highest BCUT2D eigenvalue weighted by Gasteiger charge is 2.18. The zero-order chi connectivity index (χ0) is 18.5. The van der Waals surface area contributed by atoms with Crippen molar-refractivity contribution >= 4 is 17.5 Å². The molecule has 7 nitrogen and oxygen atoms in total. The van der Waals surface area contributed by atoms with E-state index >= 15 is 0 Å². The molecule has 1 amide bonds. The van der Waals surface area contributed by atoms with Crippen molar-refractivity contribution in [3.05, 3.63) is 65.2 Å². The van der Waals surface area contributed by atoms with Gasteiger partial charge in [0.05, 0.1) is 11.6 Å². The maximum absolute atomic E-state index is 12.6. The largest absolute Gasteiger partial charge is 0.471 e. The SMILES string of the molecule is CCn1cc(Cl)c(CN(C)C(=O)c2ccn(COc3ccccc3)n2)n1. The van der Waals surface area contributed by atoms with Gasteiger partial charge in [0.15, 0.2) is 12.4 Å². The average molecular weight is 374 g/mol. The lowest BCUT2D eigenvalue weighted by molar-refractivity contribution is 0.0775. The first kappa shape index (κ1) is 18.0. The normalized spacial score (nSPS) is 10.7. The second kappa shape index (κ2) is 8.05. The van der Waals surface area contributed by atoms with Crippen molar-refractivity contribution in [2.24, 2.45) is 0 Å².